The zero-order chi connectivity index (χ0) is 24.7. The molecule has 1 heterocycles. The quantitative estimate of drug-likeness (QED) is 0.412. The summed E-state index contributed by atoms with van der Waals surface area (Å²) < 4.78 is 34.2. The molecule has 0 aromatic rings. The van der Waals surface area contributed by atoms with Gasteiger partial charge in [0, 0.05) is 41.5 Å². The Kier molecular flexibility index (Phi) is 11.5. The highest BCUT2D eigenvalue weighted by atomic mass is 16.7. The second-order valence-corrected chi connectivity index (χ2v) is 9.51. The molecular weight excluding hydrogens is 424 g/mol. The van der Waals surface area contributed by atoms with E-state index in [2.05, 4.69) is 26.8 Å². The van der Waals surface area contributed by atoms with E-state index in [-0.39, 0.29) is 42.5 Å². The molecule has 2 rings (SSSR count). The Bertz CT molecular complexity index is 632. The van der Waals surface area contributed by atoms with Gasteiger partial charge < -0.3 is 33.5 Å². The molecule has 0 aromatic carbocycles. The molecule has 0 aromatic heterocycles. The number of rotatable bonds is 13. The first-order chi connectivity index (χ1) is 15.8. The topological polar surface area (TPSA) is 75.6 Å². The lowest BCUT2D eigenvalue weighted by atomic mass is 9.91. The van der Waals surface area contributed by atoms with Crippen LogP contribution in [0.3, 0.4) is 0 Å². The van der Waals surface area contributed by atoms with Gasteiger partial charge in [-0.3, -0.25) is 0 Å². The molecule has 1 saturated heterocycles. The van der Waals surface area contributed by atoms with Gasteiger partial charge in [0.25, 0.3) is 0 Å². The van der Waals surface area contributed by atoms with Crippen LogP contribution in [0, 0.1) is 23.7 Å². The first-order valence-corrected chi connectivity index (χ1v) is 12.1. The number of aliphatic hydroxyl groups excluding tert-OH is 1. The van der Waals surface area contributed by atoms with Gasteiger partial charge in [0.05, 0.1) is 12.2 Å². The molecule has 7 nitrogen and oxygen atoms in total. The van der Waals surface area contributed by atoms with E-state index in [4.69, 9.17) is 28.4 Å². The van der Waals surface area contributed by atoms with Crippen molar-refractivity contribution in [3.05, 3.63) is 23.8 Å². The molecule has 0 radical (unpaired) electrons. The predicted octanol–water partition coefficient (Wildman–Crippen LogP) is 3.60. The third-order valence-electron chi connectivity index (χ3n) is 7.60. The maximum atomic E-state index is 10.9. The van der Waals surface area contributed by atoms with Crippen LogP contribution in [-0.2, 0) is 28.4 Å². The summed E-state index contributed by atoms with van der Waals surface area (Å²) in [6, 6.07) is 0. The van der Waals surface area contributed by atoms with Crippen LogP contribution in [0.1, 0.15) is 40.5 Å². The normalized spacial score (nSPS) is 36.5. The number of ether oxygens (including phenoxy) is 6. The van der Waals surface area contributed by atoms with E-state index < -0.39 is 6.29 Å². The van der Waals surface area contributed by atoms with Crippen LogP contribution in [0.4, 0.5) is 0 Å². The highest BCUT2D eigenvalue weighted by molar-refractivity contribution is 5.19. The van der Waals surface area contributed by atoms with Gasteiger partial charge in [-0.1, -0.05) is 39.0 Å². The fraction of sp³-hybridized carbons (Fsp3) is 0.846. The molecule has 192 valence electrons. The molecule has 1 unspecified atom stereocenters. The van der Waals surface area contributed by atoms with Crippen LogP contribution < -0.4 is 0 Å². The van der Waals surface area contributed by atoms with Gasteiger partial charge >= 0.3 is 0 Å². The van der Waals surface area contributed by atoms with Gasteiger partial charge in [0.15, 0.2) is 6.29 Å². The van der Waals surface area contributed by atoms with Crippen molar-refractivity contribution in [3.8, 4) is 0 Å². The van der Waals surface area contributed by atoms with Crippen molar-refractivity contribution < 1.29 is 33.5 Å². The van der Waals surface area contributed by atoms with Crippen molar-refractivity contribution in [2.45, 2.75) is 83.5 Å². The fourth-order valence-corrected chi connectivity index (χ4v) is 5.38. The van der Waals surface area contributed by atoms with E-state index >= 15 is 0 Å². The van der Waals surface area contributed by atoms with Crippen molar-refractivity contribution in [1.29, 1.82) is 0 Å². The van der Waals surface area contributed by atoms with Crippen LogP contribution >= 0.6 is 0 Å². The lowest BCUT2D eigenvalue weighted by Gasteiger charge is -2.44. The molecule has 0 spiro atoms. The predicted molar refractivity (Wildman–Crippen MR) is 128 cm³/mol. The summed E-state index contributed by atoms with van der Waals surface area (Å²) in [6.07, 6.45) is 6.10. The number of hydrogen-bond acceptors (Lipinski definition) is 7. The molecule has 1 N–H and O–H groups in total. The minimum absolute atomic E-state index is 0.0562. The fourth-order valence-electron chi connectivity index (χ4n) is 5.38. The number of aliphatic hydroxyl groups is 1. The zero-order valence-electron chi connectivity index (χ0n) is 21.9. The standard InChI is InChI=1S/C26H46O7/c1-10-20(28-5)17(4)18-14-19(18)21(27)15(2)12-11-13-16(3)22-23(29-6)24(30-7)25(31-8)26(32-9)33-22/h11-13,15,17-27H,10,14H2,1-9H3/b12-11+,16-13+/t15-,17-,18+,19?,20-,21+,22+,23+,24-,25+,26-/m0/s1. The van der Waals surface area contributed by atoms with E-state index in [1.807, 2.05) is 19.1 Å². The smallest absolute Gasteiger partial charge is 0.186 e. The molecule has 2 fully saturated rings. The molecule has 11 atom stereocenters. The van der Waals surface area contributed by atoms with Gasteiger partial charge in [-0.25, -0.2) is 0 Å². The Hall–Kier alpha value is -0.800. The molecule has 1 aliphatic heterocycles. The molecule has 1 aliphatic carbocycles. The summed E-state index contributed by atoms with van der Waals surface area (Å²) in [5.74, 6) is 1.39. The van der Waals surface area contributed by atoms with Crippen molar-refractivity contribution >= 4 is 0 Å². The van der Waals surface area contributed by atoms with Crippen molar-refractivity contribution in [1.82, 2.24) is 0 Å². The van der Waals surface area contributed by atoms with E-state index in [0.717, 1.165) is 18.4 Å². The second-order valence-electron chi connectivity index (χ2n) is 9.51. The Morgan fingerprint density at radius 1 is 0.970 bits per heavy atom. The molecule has 1 saturated carbocycles. The summed E-state index contributed by atoms with van der Waals surface area (Å²) in [6.45, 7) is 8.47. The molecule has 0 amide bonds. The van der Waals surface area contributed by atoms with Crippen LogP contribution in [-0.4, -0.2) is 83.6 Å². The van der Waals surface area contributed by atoms with Crippen LogP contribution in [0.2, 0.25) is 0 Å². The summed E-state index contributed by atoms with van der Waals surface area (Å²) in [4.78, 5) is 0. The first-order valence-electron chi connectivity index (χ1n) is 12.1. The second kappa shape index (κ2) is 13.3. The van der Waals surface area contributed by atoms with E-state index in [1.54, 1.807) is 35.5 Å². The van der Waals surface area contributed by atoms with Gasteiger partial charge in [-0.2, -0.15) is 0 Å². The molecule has 0 bridgehead atoms. The molecule has 33 heavy (non-hydrogen) atoms. The SMILES string of the molecule is CC[C@H](OC)[C@@H](C)[C@H]1CC1[C@H](O)[C@@H](C)/C=C/C=C(\C)[C@H]1O[C@H](OC)[C@H](OC)[C@@H](OC)[C@@H]1OC. The zero-order valence-corrected chi connectivity index (χ0v) is 21.9. The van der Waals surface area contributed by atoms with Crippen LogP contribution in [0.25, 0.3) is 0 Å². The summed E-state index contributed by atoms with van der Waals surface area (Å²) in [5, 5.41) is 10.9. The van der Waals surface area contributed by atoms with Crippen molar-refractivity contribution in [2.24, 2.45) is 23.7 Å². The summed E-state index contributed by atoms with van der Waals surface area (Å²) >= 11 is 0. The van der Waals surface area contributed by atoms with E-state index in [1.165, 1.54) is 0 Å². The highest BCUT2D eigenvalue weighted by Crippen LogP contribution is 2.49. The lowest BCUT2D eigenvalue weighted by Crippen LogP contribution is -2.60. The lowest BCUT2D eigenvalue weighted by molar-refractivity contribution is -0.295. The van der Waals surface area contributed by atoms with Crippen LogP contribution in [0.5, 0.6) is 0 Å². The first kappa shape index (κ1) is 28.4. The third-order valence-corrected chi connectivity index (χ3v) is 7.60. The minimum Gasteiger partial charge on any atom is -0.392 e. The van der Waals surface area contributed by atoms with Crippen molar-refractivity contribution in [3.63, 3.8) is 0 Å². The van der Waals surface area contributed by atoms with E-state index in [0.29, 0.717) is 17.8 Å². The van der Waals surface area contributed by atoms with Crippen LogP contribution in [0.15, 0.2) is 23.8 Å². The summed E-state index contributed by atoms with van der Waals surface area (Å²) in [7, 11) is 8.27. The molecule has 7 heteroatoms. The average molecular weight is 471 g/mol. The Balaban J connectivity index is 2.02. The Morgan fingerprint density at radius 2 is 1.61 bits per heavy atom. The largest absolute Gasteiger partial charge is 0.392 e. The van der Waals surface area contributed by atoms with Gasteiger partial charge in [0.2, 0.25) is 0 Å². The number of allylic oxidation sites excluding steroid dienone is 2. The molecular formula is C26H46O7. The molecule has 2 aliphatic rings. The Labute approximate surface area is 200 Å². The third kappa shape index (κ3) is 6.66. The maximum Gasteiger partial charge on any atom is 0.186 e. The van der Waals surface area contributed by atoms with Crippen molar-refractivity contribution in [2.75, 3.05) is 35.5 Å². The van der Waals surface area contributed by atoms with E-state index in [9.17, 15) is 5.11 Å². The average Bonchev–Trinajstić information content (AvgIpc) is 3.63. The Morgan fingerprint density at radius 3 is 2.12 bits per heavy atom. The number of hydrogen-bond donors (Lipinski definition) is 1. The highest BCUT2D eigenvalue weighted by Gasteiger charge is 2.49. The van der Waals surface area contributed by atoms with Gasteiger partial charge in [-0.05, 0) is 43.1 Å². The maximum absolute atomic E-state index is 10.9. The number of methoxy groups -OCH3 is 5. The van der Waals surface area contributed by atoms with Gasteiger partial charge in [0.1, 0.15) is 24.4 Å². The minimum atomic E-state index is -0.558. The van der Waals surface area contributed by atoms with Gasteiger partial charge in [-0.15, -0.1) is 0 Å². The monoisotopic (exact) mass is 470 g/mol. The summed E-state index contributed by atoms with van der Waals surface area (Å²) in [5.41, 5.74) is 0.988.